The van der Waals surface area contributed by atoms with Gasteiger partial charge in [-0.05, 0) is 103 Å². The van der Waals surface area contributed by atoms with E-state index in [2.05, 4.69) is 60.3 Å². The van der Waals surface area contributed by atoms with Gasteiger partial charge in [0.25, 0.3) is 0 Å². The van der Waals surface area contributed by atoms with Gasteiger partial charge in [0.15, 0.2) is 23.3 Å². The molecule has 2 aliphatic heterocycles. The number of hydrogen-bond acceptors (Lipinski definition) is 16. The molecule has 1 amide bonds. The first-order chi connectivity index (χ1) is 38.9. The normalized spacial score (nSPS) is 17.8. The van der Waals surface area contributed by atoms with Crippen molar-refractivity contribution < 1.29 is 41.7 Å². The summed E-state index contributed by atoms with van der Waals surface area (Å²) in [5.74, 6) is -0.770. The van der Waals surface area contributed by atoms with Crippen LogP contribution in [-0.2, 0) is 32.2 Å². The van der Waals surface area contributed by atoms with E-state index in [1.54, 1.807) is 55.7 Å². The maximum atomic E-state index is 15.0. The minimum Gasteiger partial charge on any atom is -0.481 e. The van der Waals surface area contributed by atoms with Gasteiger partial charge in [0.2, 0.25) is 17.8 Å². The van der Waals surface area contributed by atoms with Gasteiger partial charge in [-0.1, -0.05) is 12.1 Å². The number of benzene rings is 2. The third-order valence-corrected chi connectivity index (χ3v) is 14.2. The number of carbonyl (C=O) groups is 2. The van der Waals surface area contributed by atoms with Crippen LogP contribution in [0.25, 0.3) is 44.6 Å². The van der Waals surface area contributed by atoms with Crippen LogP contribution in [0.2, 0.25) is 0 Å². The molecule has 8 aromatic rings. The van der Waals surface area contributed by atoms with Crippen LogP contribution in [0.5, 0.6) is 0 Å². The largest absolute Gasteiger partial charge is 0.481 e. The molecule has 24 heteroatoms. The van der Waals surface area contributed by atoms with Gasteiger partial charge in [-0.3, -0.25) is 19.4 Å². The second-order valence-electron chi connectivity index (χ2n) is 22.1. The van der Waals surface area contributed by atoms with E-state index in [0.29, 0.717) is 86.7 Å². The fraction of sp³-hybridized carbons (Fsp3) is 0.414. The lowest BCUT2D eigenvalue weighted by Crippen LogP contribution is -2.51. The number of pyridine rings is 2. The zero-order valence-electron chi connectivity index (χ0n) is 47.6. The Kier molecular flexibility index (Phi) is 17.3. The number of carboxylic acid groups (broad SMARTS) is 1. The molecule has 0 radical (unpaired) electrons. The Morgan fingerprint density at radius 1 is 0.622 bits per heavy atom. The Morgan fingerprint density at radius 3 is 1.43 bits per heavy atom. The average molecular weight is 1130 g/mol. The van der Waals surface area contributed by atoms with Crippen LogP contribution in [0.4, 0.5) is 41.1 Å². The first-order valence-corrected chi connectivity index (χ1v) is 26.9. The number of amides is 1. The highest BCUT2D eigenvalue weighted by molar-refractivity contribution is 5.84. The summed E-state index contributed by atoms with van der Waals surface area (Å²) in [4.78, 5) is 63.8. The van der Waals surface area contributed by atoms with Crippen molar-refractivity contribution in [2.45, 2.75) is 105 Å². The molecule has 0 bridgehead atoms. The lowest BCUT2D eigenvalue weighted by atomic mass is 9.98. The molecular weight excluding hydrogens is 1060 g/mol. The fourth-order valence-corrected chi connectivity index (χ4v) is 10.6. The highest BCUT2D eigenvalue weighted by atomic mass is 19.1. The number of nitrogens with zero attached hydrogens (tertiary/aromatic N) is 13. The predicted molar refractivity (Wildman–Crippen MR) is 301 cm³/mol. The summed E-state index contributed by atoms with van der Waals surface area (Å²) < 4.78 is 75.2. The minimum atomic E-state index is -0.893. The zero-order chi connectivity index (χ0) is 58.8. The Labute approximate surface area is 472 Å². The molecule has 432 valence electrons. The van der Waals surface area contributed by atoms with Crippen LogP contribution < -0.4 is 10.6 Å². The van der Waals surface area contributed by atoms with Crippen LogP contribution in [-0.4, -0.2) is 145 Å². The highest BCUT2D eigenvalue weighted by Gasteiger charge is 2.36. The Bertz CT molecular complexity index is 3640. The Hall–Kier alpha value is -8.06. The second kappa shape index (κ2) is 24.2. The maximum Gasteiger partial charge on any atom is 0.306 e. The molecule has 2 aromatic carbocycles. The molecule has 0 saturated carbocycles. The number of aryl methyl sites for hydroxylation is 2. The maximum absolute atomic E-state index is 15.0. The SMILES string of the molecule is Cc1nc2c(F)cc(-c3nc(Nc4ccc(CN5CCO[C@](C)(CC(=O)N(C)C)C5)cn4)ncc3F)cc2n1C(C)C.Cc1nc2c(F)cc(-c3nc(Nc4ccc(CN5CCO[C@](C)(CC(=O)O)C5)cn4)ncc3F)cc2n1C(C)C. The highest BCUT2D eigenvalue weighted by Crippen LogP contribution is 2.33. The molecule has 6 aromatic heterocycles. The van der Waals surface area contributed by atoms with Gasteiger partial charge in [0.1, 0.15) is 45.7 Å². The summed E-state index contributed by atoms with van der Waals surface area (Å²) in [5, 5.41) is 15.2. The van der Waals surface area contributed by atoms with Crippen molar-refractivity contribution in [3.63, 3.8) is 0 Å². The molecule has 2 aliphatic rings. The second-order valence-corrected chi connectivity index (χ2v) is 22.1. The first kappa shape index (κ1) is 58.6. The number of fused-ring (bicyclic) bond motifs is 2. The lowest BCUT2D eigenvalue weighted by Gasteiger charge is -2.40. The summed E-state index contributed by atoms with van der Waals surface area (Å²) in [6.07, 6.45) is 5.81. The van der Waals surface area contributed by atoms with Gasteiger partial charge < -0.3 is 39.2 Å². The number of anilines is 4. The smallest absolute Gasteiger partial charge is 0.306 e. The van der Waals surface area contributed by atoms with Gasteiger partial charge >= 0.3 is 5.97 Å². The van der Waals surface area contributed by atoms with E-state index >= 15 is 4.39 Å². The third-order valence-electron chi connectivity index (χ3n) is 14.2. The average Bonchev–Trinajstić information content (AvgIpc) is 3.12. The van der Waals surface area contributed by atoms with Gasteiger partial charge in [0.05, 0.1) is 60.7 Å². The van der Waals surface area contributed by atoms with Crippen molar-refractivity contribution in [1.82, 2.24) is 63.7 Å². The predicted octanol–water partition coefficient (Wildman–Crippen LogP) is 9.73. The van der Waals surface area contributed by atoms with E-state index in [4.69, 9.17) is 9.47 Å². The van der Waals surface area contributed by atoms with Crippen molar-refractivity contribution in [3.05, 3.63) is 119 Å². The number of aliphatic carboxylic acids is 1. The van der Waals surface area contributed by atoms with E-state index in [9.17, 15) is 27.9 Å². The third kappa shape index (κ3) is 13.5. The van der Waals surface area contributed by atoms with E-state index < -0.39 is 40.4 Å². The summed E-state index contributed by atoms with van der Waals surface area (Å²) in [5.41, 5.74) is 2.75. The van der Waals surface area contributed by atoms with E-state index in [0.717, 1.165) is 30.1 Å². The molecule has 20 nitrogen and oxygen atoms in total. The number of morpholine rings is 2. The summed E-state index contributed by atoms with van der Waals surface area (Å²) in [7, 11) is 3.49. The van der Waals surface area contributed by atoms with E-state index in [1.165, 1.54) is 12.1 Å². The number of nitrogens with one attached hydrogen (secondary N) is 2. The molecule has 82 heavy (non-hydrogen) atoms. The Balaban J connectivity index is 0.000000198. The van der Waals surface area contributed by atoms with Gasteiger partial charge in [-0.25, -0.2) is 57.4 Å². The van der Waals surface area contributed by atoms with Gasteiger partial charge in [-0.2, -0.15) is 0 Å². The number of hydrogen-bond donors (Lipinski definition) is 3. The number of ether oxygens (including phenoxy) is 2. The molecule has 0 aliphatic carbocycles. The minimum absolute atomic E-state index is 0.0257. The van der Waals surface area contributed by atoms with Crippen LogP contribution in [0.15, 0.2) is 73.3 Å². The number of aromatic nitrogens is 10. The number of halogens is 4. The van der Waals surface area contributed by atoms with Crippen LogP contribution in [0.1, 0.15) is 89.2 Å². The van der Waals surface area contributed by atoms with Crippen LogP contribution in [0.3, 0.4) is 0 Å². The van der Waals surface area contributed by atoms with Gasteiger partial charge in [0, 0.05) is 89.0 Å². The lowest BCUT2D eigenvalue weighted by molar-refractivity contribution is -0.152. The van der Waals surface area contributed by atoms with Crippen molar-refractivity contribution in [2.75, 3.05) is 64.1 Å². The first-order valence-electron chi connectivity index (χ1n) is 26.9. The number of carbonyl (C=O) groups excluding carboxylic acids is 1. The van der Waals surface area contributed by atoms with Crippen LogP contribution >= 0.6 is 0 Å². The molecule has 8 heterocycles. The number of carboxylic acids is 1. The monoisotopic (exact) mass is 1130 g/mol. The van der Waals surface area contributed by atoms with E-state index in [1.807, 2.05) is 76.7 Å². The summed E-state index contributed by atoms with van der Waals surface area (Å²) in [6.45, 7) is 20.1. The molecule has 2 saturated heterocycles. The standard InChI is InChI=1S/C30H36F2N8O2.C28H31F2N7O3/c1-18(2)40-19(3)35-28-22(31)11-21(12-24(28)40)27-23(32)15-34-29(37-27)36-25-8-7-20(14-33-25)16-39-9-10-42-30(4,17-39)13-26(41)38(5)6;1-16(2)37-17(3)33-26-20(29)9-19(10-22(26)37)25-21(30)13-32-27(35-25)34-23-6-5-18(12-31-23)14-36-7-8-40-28(4,15-36)11-24(38)39/h7-8,11-12,14-15,18H,9-10,13,16-17H2,1-6H3,(H,33,34,36,37);5-6,9-10,12-13,16H,7-8,11,14-15H2,1-4H3,(H,38,39)(H,31,32,34,35)/t30-;28-/m11/s1. The fourth-order valence-electron chi connectivity index (χ4n) is 10.6. The van der Waals surface area contributed by atoms with Crippen molar-refractivity contribution in [2.24, 2.45) is 0 Å². The van der Waals surface area contributed by atoms with E-state index in [-0.39, 0.29) is 69.9 Å². The molecule has 2 fully saturated rings. The molecule has 3 N–H and O–H groups in total. The van der Waals surface area contributed by atoms with Crippen molar-refractivity contribution >= 4 is 57.5 Å². The molecule has 2 atom stereocenters. The Morgan fingerprint density at radius 2 is 1.05 bits per heavy atom. The number of rotatable bonds is 16. The van der Waals surface area contributed by atoms with Gasteiger partial charge in [-0.15, -0.1) is 0 Å². The zero-order valence-corrected chi connectivity index (χ0v) is 47.6. The summed E-state index contributed by atoms with van der Waals surface area (Å²) in [6, 6.07) is 13.3. The molecular formula is C58H67F4N15O5. The van der Waals surface area contributed by atoms with Crippen molar-refractivity contribution in [1.29, 1.82) is 0 Å². The molecule has 0 unspecified atom stereocenters. The molecule has 10 rings (SSSR count). The quantitative estimate of drug-likeness (QED) is 0.0767. The van der Waals surface area contributed by atoms with Crippen LogP contribution in [0, 0.1) is 37.1 Å². The molecule has 0 spiro atoms. The van der Waals surface area contributed by atoms with Crippen molar-refractivity contribution in [3.8, 4) is 22.5 Å². The topological polar surface area (TPSA) is 220 Å². The number of imidazole rings is 2. The summed E-state index contributed by atoms with van der Waals surface area (Å²) >= 11 is 0.